The highest BCUT2D eigenvalue weighted by Gasteiger charge is 2.16. The van der Waals surface area contributed by atoms with Crippen LogP contribution in [-0.4, -0.2) is 35.7 Å². The molecule has 0 bridgehead atoms. The number of ether oxygens (including phenoxy) is 1. The molecule has 0 aliphatic rings. The Morgan fingerprint density at radius 2 is 2.25 bits per heavy atom. The van der Waals surface area contributed by atoms with Crippen molar-refractivity contribution in [3.05, 3.63) is 22.7 Å². The monoisotopic (exact) mass is 301 g/mol. The smallest absolute Gasteiger partial charge is 0.303 e. The molecule has 0 aromatic heterocycles. The predicted molar refractivity (Wildman–Crippen MR) is 73.2 cm³/mol. The van der Waals surface area contributed by atoms with Crippen molar-refractivity contribution in [2.45, 2.75) is 25.3 Å². The Balaban J connectivity index is 2.89. The van der Waals surface area contributed by atoms with Crippen LogP contribution in [0, 0.1) is 0 Å². The van der Waals surface area contributed by atoms with E-state index in [0.29, 0.717) is 17.0 Å². The van der Waals surface area contributed by atoms with Crippen LogP contribution in [0.15, 0.2) is 12.1 Å². The fraction of sp³-hybridized carbons (Fsp3) is 0.385. The Morgan fingerprint density at radius 1 is 1.55 bits per heavy atom. The number of carbonyl (C=O) groups is 2. The van der Waals surface area contributed by atoms with Gasteiger partial charge in [-0.2, -0.15) is 0 Å². The minimum Gasteiger partial charge on any atom is -0.504 e. The van der Waals surface area contributed by atoms with E-state index < -0.39 is 12.0 Å². The zero-order valence-electron chi connectivity index (χ0n) is 10.9. The highest BCUT2D eigenvalue weighted by atomic mass is 35.5. The van der Waals surface area contributed by atoms with E-state index in [4.69, 9.17) is 21.4 Å². The number of hydrogen-bond acceptors (Lipinski definition) is 4. The number of carboxylic acids is 1. The lowest BCUT2D eigenvalue weighted by molar-refractivity contribution is -0.137. The third kappa shape index (κ3) is 4.62. The molecule has 0 heterocycles. The number of phenols is 1. The zero-order chi connectivity index (χ0) is 15.1. The van der Waals surface area contributed by atoms with Crippen molar-refractivity contribution in [3.63, 3.8) is 0 Å². The number of aromatic hydroxyl groups is 1. The highest BCUT2D eigenvalue weighted by Crippen LogP contribution is 2.34. The second-order valence-corrected chi connectivity index (χ2v) is 4.67. The largest absolute Gasteiger partial charge is 0.504 e. The van der Waals surface area contributed by atoms with Gasteiger partial charge in [-0.25, -0.2) is 0 Å². The number of carboxylic acid groups (broad SMARTS) is 1. The van der Waals surface area contributed by atoms with Crippen molar-refractivity contribution in [1.82, 2.24) is 5.32 Å². The molecule has 0 aliphatic carbocycles. The van der Waals surface area contributed by atoms with E-state index in [2.05, 4.69) is 5.32 Å². The van der Waals surface area contributed by atoms with Crippen LogP contribution in [0.1, 0.15) is 18.4 Å². The molecule has 20 heavy (non-hydrogen) atoms. The van der Waals surface area contributed by atoms with Crippen LogP contribution < -0.4 is 10.1 Å². The third-order valence-corrected chi connectivity index (χ3v) is 3.03. The van der Waals surface area contributed by atoms with Crippen molar-refractivity contribution >= 4 is 24.0 Å². The van der Waals surface area contributed by atoms with Crippen LogP contribution in [0.5, 0.6) is 11.5 Å². The summed E-state index contributed by atoms with van der Waals surface area (Å²) in [6.07, 6.45) is 0.937. The molecule has 1 aromatic carbocycles. The third-order valence-electron chi connectivity index (χ3n) is 2.82. The van der Waals surface area contributed by atoms with Gasteiger partial charge in [0, 0.05) is 29.1 Å². The minimum atomic E-state index is -0.949. The molecule has 6 nitrogen and oxygen atoms in total. The van der Waals surface area contributed by atoms with Crippen molar-refractivity contribution in [3.8, 4) is 11.5 Å². The number of benzene rings is 1. The molecule has 3 N–H and O–H groups in total. The molecule has 1 rings (SSSR count). The first-order chi connectivity index (χ1) is 9.47. The first kappa shape index (κ1) is 16.1. The fourth-order valence-corrected chi connectivity index (χ4v) is 2.07. The maximum absolute atomic E-state index is 10.6. The van der Waals surface area contributed by atoms with Gasteiger partial charge in [-0.1, -0.05) is 11.6 Å². The summed E-state index contributed by atoms with van der Waals surface area (Å²) in [6, 6.07) is 2.62. The highest BCUT2D eigenvalue weighted by molar-refractivity contribution is 6.30. The van der Waals surface area contributed by atoms with Gasteiger partial charge in [-0.3, -0.25) is 9.59 Å². The van der Waals surface area contributed by atoms with E-state index in [-0.39, 0.29) is 30.8 Å². The fourth-order valence-electron chi connectivity index (χ4n) is 1.84. The van der Waals surface area contributed by atoms with Gasteiger partial charge in [-0.05, 0) is 18.9 Å². The molecule has 0 spiro atoms. The summed E-state index contributed by atoms with van der Waals surface area (Å²) in [4.78, 5) is 21.1. The van der Waals surface area contributed by atoms with Gasteiger partial charge in [0.25, 0.3) is 0 Å². The molecule has 0 radical (unpaired) electrons. The summed E-state index contributed by atoms with van der Waals surface area (Å²) in [6.45, 7) is 0. The number of phenolic OH excluding ortho intramolecular Hbond substituents is 1. The molecule has 0 fully saturated rings. The van der Waals surface area contributed by atoms with Gasteiger partial charge in [0.05, 0.1) is 7.11 Å². The average molecular weight is 302 g/mol. The van der Waals surface area contributed by atoms with E-state index >= 15 is 0 Å². The van der Waals surface area contributed by atoms with Crippen molar-refractivity contribution in [1.29, 1.82) is 0 Å². The van der Waals surface area contributed by atoms with E-state index in [1.54, 1.807) is 6.07 Å². The summed E-state index contributed by atoms with van der Waals surface area (Å²) in [5, 5.41) is 21.6. The maximum Gasteiger partial charge on any atom is 0.303 e. The standard InChI is InChI=1S/C13H16ClNO5/c1-20-11-6-9(14)4-8(13(11)19)5-10(15-7-16)2-3-12(17)18/h4,6-7,10,19H,2-3,5H2,1H3,(H,15,16)(H,17,18). The predicted octanol–water partition coefficient (Wildman–Crippen LogP) is 1.58. The number of rotatable bonds is 8. The Kier molecular flexibility index (Phi) is 6.11. The quantitative estimate of drug-likeness (QED) is 0.634. The van der Waals surface area contributed by atoms with E-state index in [1.165, 1.54) is 13.2 Å². The summed E-state index contributed by atoms with van der Waals surface area (Å²) in [5.74, 6) is -0.781. The molecule has 0 aliphatic heterocycles. The molecule has 1 amide bonds. The number of halogens is 1. The molecule has 0 saturated carbocycles. The first-order valence-electron chi connectivity index (χ1n) is 5.94. The number of hydrogen-bond donors (Lipinski definition) is 3. The Labute approximate surface area is 121 Å². The van der Waals surface area contributed by atoms with Crippen molar-refractivity contribution in [2.75, 3.05) is 7.11 Å². The van der Waals surface area contributed by atoms with E-state index in [0.717, 1.165) is 0 Å². The summed E-state index contributed by atoms with van der Waals surface area (Å²) in [7, 11) is 1.40. The van der Waals surface area contributed by atoms with Crippen LogP contribution in [0.3, 0.4) is 0 Å². The van der Waals surface area contributed by atoms with Crippen LogP contribution in [0.4, 0.5) is 0 Å². The van der Waals surface area contributed by atoms with Gasteiger partial charge in [0.1, 0.15) is 0 Å². The van der Waals surface area contributed by atoms with Crippen LogP contribution in [0.2, 0.25) is 5.02 Å². The normalized spacial score (nSPS) is 11.7. The van der Waals surface area contributed by atoms with Crippen LogP contribution in [-0.2, 0) is 16.0 Å². The number of methoxy groups -OCH3 is 1. The first-order valence-corrected chi connectivity index (χ1v) is 6.32. The lowest BCUT2D eigenvalue weighted by Gasteiger charge is -2.17. The second kappa shape index (κ2) is 7.59. The molecular formula is C13H16ClNO5. The van der Waals surface area contributed by atoms with Gasteiger partial charge in [0.2, 0.25) is 6.41 Å². The zero-order valence-corrected chi connectivity index (χ0v) is 11.7. The van der Waals surface area contributed by atoms with E-state index in [9.17, 15) is 14.7 Å². The summed E-state index contributed by atoms with van der Waals surface area (Å²) in [5.41, 5.74) is 0.485. The van der Waals surface area contributed by atoms with Crippen LogP contribution in [0.25, 0.3) is 0 Å². The number of amides is 1. The number of nitrogens with one attached hydrogen (secondary N) is 1. The topological polar surface area (TPSA) is 95.9 Å². The number of aliphatic carboxylic acids is 1. The maximum atomic E-state index is 10.6. The molecule has 1 aromatic rings. The van der Waals surface area contributed by atoms with Crippen LogP contribution >= 0.6 is 11.6 Å². The second-order valence-electron chi connectivity index (χ2n) is 4.23. The SMILES string of the molecule is COc1cc(Cl)cc(CC(CCC(=O)O)NC=O)c1O. The van der Waals surface area contributed by atoms with Crippen molar-refractivity contribution < 1.29 is 24.5 Å². The Morgan fingerprint density at radius 3 is 2.80 bits per heavy atom. The van der Waals surface area contributed by atoms with Gasteiger partial charge >= 0.3 is 5.97 Å². The molecular weight excluding hydrogens is 286 g/mol. The summed E-state index contributed by atoms with van der Waals surface area (Å²) >= 11 is 5.91. The molecule has 0 saturated heterocycles. The lowest BCUT2D eigenvalue weighted by atomic mass is 10.0. The van der Waals surface area contributed by atoms with Gasteiger partial charge < -0.3 is 20.3 Å². The Bertz CT molecular complexity index is 492. The lowest BCUT2D eigenvalue weighted by Crippen LogP contribution is -2.30. The van der Waals surface area contributed by atoms with E-state index in [1.807, 2.05) is 0 Å². The summed E-state index contributed by atoms with van der Waals surface area (Å²) < 4.78 is 4.99. The Hall–Kier alpha value is -1.95. The average Bonchev–Trinajstić information content (AvgIpc) is 2.39. The van der Waals surface area contributed by atoms with Gasteiger partial charge in [0.15, 0.2) is 11.5 Å². The minimum absolute atomic E-state index is 0.0649. The molecule has 7 heteroatoms. The molecule has 1 atom stereocenters. The van der Waals surface area contributed by atoms with Crippen molar-refractivity contribution in [2.24, 2.45) is 0 Å². The number of carbonyl (C=O) groups excluding carboxylic acids is 1. The van der Waals surface area contributed by atoms with Gasteiger partial charge in [-0.15, -0.1) is 0 Å². The molecule has 110 valence electrons. The molecule has 1 unspecified atom stereocenters.